The lowest BCUT2D eigenvalue weighted by atomic mass is 10.1. The molecule has 0 aliphatic rings. The minimum Gasteiger partial charge on any atom is -0.495 e. The molecule has 36 heavy (non-hydrogen) atoms. The van der Waals surface area contributed by atoms with Crippen molar-refractivity contribution in [2.75, 3.05) is 19.5 Å². The summed E-state index contributed by atoms with van der Waals surface area (Å²) in [4.78, 5) is 23.3. The Bertz CT molecular complexity index is 1380. The highest BCUT2D eigenvalue weighted by Crippen LogP contribution is 2.35. The van der Waals surface area contributed by atoms with E-state index in [1.54, 1.807) is 12.1 Å². The van der Waals surface area contributed by atoms with Gasteiger partial charge in [-0.25, -0.2) is 0 Å². The van der Waals surface area contributed by atoms with E-state index in [9.17, 15) is 20.2 Å². The van der Waals surface area contributed by atoms with E-state index in [2.05, 4.69) is 27.9 Å². The van der Waals surface area contributed by atoms with Gasteiger partial charge in [0, 0.05) is 12.1 Å². The number of non-ortho nitro benzene ring substituents is 1. The van der Waals surface area contributed by atoms with E-state index in [0.717, 1.165) is 20.8 Å². The monoisotopic (exact) mass is 599 g/mol. The summed E-state index contributed by atoms with van der Waals surface area (Å²) in [5, 5.41) is 23.2. The molecular formula is C26H22IN3O6. The first kappa shape index (κ1) is 26.5. The summed E-state index contributed by atoms with van der Waals surface area (Å²) in [7, 11) is 2.88. The largest absolute Gasteiger partial charge is 0.495 e. The van der Waals surface area contributed by atoms with Crippen molar-refractivity contribution in [1.29, 1.82) is 5.26 Å². The maximum absolute atomic E-state index is 12.8. The topological polar surface area (TPSA) is 124 Å². The zero-order chi connectivity index (χ0) is 26.2. The molecule has 0 aromatic heterocycles. The Hall–Kier alpha value is -4.11. The average Bonchev–Trinajstić information content (AvgIpc) is 2.87. The predicted octanol–water partition coefficient (Wildman–Crippen LogP) is 5.65. The minimum atomic E-state index is -0.745. The Kier molecular flexibility index (Phi) is 8.86. The molecule has 0 saturated carbocycles. The number of rotatable bonds is 9. The SMILES string of the molecule is COc1ccc([N+](=O)[O-])cc1NC(=O)/C(C#N)=C/c1cc(I)c(OCc2ccccc2C)c(OC)c1. The van der Waals surface area contributed by atoms with E-state index in [4.69, 9.17) is 14.2 Å². The number of nitriles is 1. The molecule has 3 aromatic rings. The first-order valence-corrected chi connectivity index (χ1v) is 11.7. The number of ether oxygens (including phenoxy) is 3. The lowest BCUT2D eigenvalue weighted by molar-refractivity contribution is -0.384. The maximum Gasteiger partial charge on any atom is 0.271 e. The van der Waals surface area contributed by atoms with Crippen LogP contribution in [0.4, 0.5) is 11.4 Å². The van der Waals surface area contributed by atoms with Crippen LogP contribution in [0.1, 0.15) is 16.7 Å². The highest BCUT2D eigenvalue weighted by atomic mass is 127. The summed E-state index contributed by atoms with van der Waals surface area (Å²) in [6.07, 6.45) is 1.40. The molecule has 0 aliphatic heterocycles. The van der Waals surface area contributed by atoms with Crippen LogP contribution in [0.2, 0.25) is 0 Å². The van der Waals surface area contributed by atoms with Crippen LogP contribution in [0, 0.1) is 31.9 Å². The number of nitrogens with zero attached hydrogens (tertiary/aromatic N) is 2. The van der Waals surface area contributed by atoms with E-state index < -0.39 is 10.8 Å². The van der Waals surface area contributed by atoms with Gasteiger partial charge in [-0.1, -0.05) is 24.3 Å². The number of benzene rings is 3. The Morgan fingerprint density at radius 2 is 1.86 bits per heavy atom. The number of carbonyl (C=O) groups is 1. The number of hydrogen-bond acceptors (Lipinski definition) is 7. The van der Waals surface area contributed by atoms with Gasteiger partial charge in [-0.05, 0) is 70.5 Å². The normalized spacial score (nSPS) is 10.8. The third-order valence-corrected chi connectivity index (χ3v) is 6.00. The standard InChI is InChI=1S/C26H22IN3O6/c1-16-6-4-5-7-18(16)15-36-25-21(27)11-17(12-24(25)35-3)10-19(14-28)26(31)29-22-13-20(30(32)33)8-9-23(22)34-2/h4-13H,15H2,1-3H3,(H,29,31)/b19-10+. The Morgan fingerprint density at radius 1 is 1.14 bits per heavy atom. The van der Waals surface area contributed by atoms with Gasteiger partial charge in [0.25, 0.3) is 11.6 Å². The highest BCUT2D eigenvalue weighted by Gasteiger charge is 2.18. The van der Waals surface area contributed by atoms with E-state index >= 15 is 0 Å². The molecule has 0 heterocycles. The highest BCUT2D eigenvalue weighted by molar-refractivity contribution is 14.1. The van der Waals surface area contributed by atoms with Crippen LogP contribution in [0.25, 0.3) is 6.08 Å². The molecule has 0 unspecified atom stereocenters. The third-order valence-electron chi connectivity index (χ3n) is 5.20. The van der Waals surface area contributed by atoms with Gasteiger partial charge in [0.1, 0.15) is 24.0 Å². The number of amides is 1. The van der Waals surface area contributed by atoms with Gasteiger partial charge in [-0.15, -0.1) is 0 Å². The Morgan fingerprint density at radius 3 is 2.50 bits per heavy atom. The number of carbonyl (C=O) groups excluding carboxylic acids is 1. The molecule has 0 radical (unpaired) electrons. The summed E-state index contributed by atoms with van der Waals surface area (Å²) >= 11 is 2.10. The van der Waals surface area contributed by atoms with Gasteiger partial charge < -0.3 is 19.5 Å². The quantitative estimate of drug-likeness (QED) is 0.111. The number of nitro groups is 1. The first-order chi connectivity index (χ1) is 17.3. The molecule has 10 heteroatoms. The lowest BCUT2D eigenvalue weighted by Crippen LogP contribution is -2.14. The van der Waals surface area contributed by atoms with Crippen molar-refractivity contribution < 1.29 is 23.9 Å². The Labute approximate surface area is 221 Å². The van der Waals surface area contributed by atoms with Crippen LogP contribution in [-0.2, 0) is 11.4 Å². The molecule has 184 valence electrons. The second-order valence-electron chi connectivity index (χ2n) is 7.51. The fraction of sp³-hybridized carbons (Fsp3) is 0.154. The molecule has 3 rings (SSSR count). The van der Waals surface area contributed by atoms with E-state index in [1.165, 1.54) is 32.4 Å². The fourth-order valence-corrected chi connectivity index (χ4v) is 4.08. The van der Waals surface area contributed by atoms with Gasteiger partial charge in [-0.3, -0.25) is 14.9 Å². The smallest absolute Gasteiger partial charge is 0.271 e. The summed E-state index contributed by atoms with van der Waals surface area (Å²) < 4.78 is 17.4. The molecule has 0 spiro atoms. The van der Waals surface area contributed by atoms with Crippen LogP contribution in [0.5, 0.6) is 17.2 Å². The van der Waals surface area contributed by atoms with Crippen molar-refractivity contribution in [3.63, 3.8) is 0 Å². The number of methoxy groups -OCH3 is 2. The number of nitro benzene ring substituents is 1. The third kappa shape index (κ3) is 6.31. The second kappa shape index (κ2) is 12.0. The van der Waals surface area contributed by atoms with Gasteiger partial charge >= 0.3 is 0 Å². The van der Waals surface area contributed by atoms with Crippen molar-refractivity contribution in [1.82, 2.24) is 0 Å². The van der Waals surface area contributed by atoms with Crippen LogP contribution in [-0.4, -0.2) is 25.1 Å². The number of anilines is 1. The number of halogens is 1. The molecule has 0 bridgehead atoms. The molecule has 0 fully saturated rings. The van der Waals surface area contributed by atoms with Crippen LogP contribution >= 0.6 is 22.6 Å². The molecule has 0 aliphatic carbocycles. The lowest BCUT2D eigenvalue weighted by Gasteiger charge is -2.15. The molecule has 0 saturated heterocycles. The summed E-state index contributed by atoms with van der Waals surface area (Å²) in [5.41, 5.74) is 2.32. The average molecular weight is 599 g/mol. The molecule has 1 N–H and O–H groups in total. The van der Waals surface area contributed by atoms with Crippen LogP contribution < -0.4 is 19.5 Å². The predicted molar refractivity (Wildman–Crippen MR) is 143 cm³/mol. The van der Waals surface area contributed by atoms with Crippen molar-refractivity contribution in [2.24, 2.45) is 0 Å². The number of hydrogen-bond donors (Lipinski definition) is 1. The van der Waals surface area contributed by atoms with Crippen molar-refractivity contribution in [3.05, 3.63) is 90.5 Å². The summed E-state index contributed by atoms with van der Waals surface area (Å²) in [5.74, 6) is 0.463. The minimum absolute atomic E-state index is 0.0740. The van der Waals surface area contributed by atoms with E-state index in [0.29, 0.717) is 23.7 Å². The van der Waals surface area contributed by atoms with Crippen molar-refractivity contribution >= 4 is 45.9 Å². The number of aryl methyl sites for hydroxylation is 1. The van der Waals surface area contributed by atoms with Gasteiger partial charge in [0.15, 0.2) is 11.5 Å². The Balaban J connectivity index is 1.87. The van der Waals surface area contributed by atoms with Crippen molar-refractivity contribution in [2.45, 2.75) is 13.5 Å². The van der Waals surface area contributed by atoms with Gasteiger partial charge in [0.05, 0.1) is 28.4 Å². The maximum atomic E-state index is 12.8. The second-order valence-corrected chi connectivity index (χ2v) is 8.68. The zero-order valence-electron chi connectivity index (χ0n) is 19.7. The molecule has 9 nitrogen and oxygen atoms in total. The van der Waals surface area contributed by atoms with Gasteiger partial charge in [-0.2, -0.15) is 5.26 Å². The van der Waals surface area contributed by atoms with Gasteiger partial charge in [0.2, 0.25) is 0 Å². The van der Waals surface area contributed by atoms with Crippen LogP contribution in [0.3, 0.4) is 0 Å². The number of nitrogens with one attached hydrogen (secondary N) is 1. The van der Waals surface area contributed by atoms with Crippen molar-refractivity contribution in [3.8, 4) is 23.3 Å². The summed E-state index contributed by atoms with van der Waals surface area (Å²) in [6.45, 7) is 2.36. The van der Waals surface area contributed by atoms with E-state index in [-0.39, 0.29) is 22.7 Å². The van der Waals surface area contributed by atoms with Crippen LogP contribution in [0.15, 0.2) is 60.2 Å². The molecule has 0 atom stereocenters. The zero-order valence-corrected chi connectivity index (χ0v) is 21.9. The van der Waals surface area contributed by atoms with E-state index in [1.807, 2.05) is 37.3 Å². The molecule has 3 aromatic carbocycles. The fourth-order valence-electron chi connectivity index (χ4n) is 3.30. The molecular weight excluding hydrogens is 577 g/mol. The molecule has 1 amide bonds. The first-order valence-electron chi connectivity index (χ1n) is 10.6. The summed E-state index contributed by atoms with van der Waals surface area (Å²) in [6, 6.07) is 17.0.